The second-order valence-electron chi connectivity index (χ2n) is 17.9. The molecule has 11 heteroatoms. The Hall–Kier alpha value is -4.15. The van der Waals surface area contributed by atoms with Crippen molar-refractivity contribution in [2.75, 3.05) is 14.2 Å². The van der Waals surface area contributed by atoms with Gasteiger partial charge in [0.2, 0.25) is 5.78 Å². The molecule has 3 fully saturated rings. The van der Waals surface area contributed by atoms with Gasteiger partial charge in [0.25, 0.3) is 0 Å². The van der Waals surface area contributed by atoms with Crippen LogP contribution in [0, 0.1) is 50.2 Å². The van der Waals surface area contributed by atoms with E-state index in [0.29, 0.717) is 31.3 Å². The predicted molar refractivity (Wildman–Crippen MR) is 202 cm³/mol. The van der Waals surface area contributed by atoms with Gasteiger partial charge in [-0.05, 0) is 89.0 Å². The van der Waals surface area contributed by atoms with Gasteiger partial charge in [-0.1, -0.05) is 64.5 Å². The largest absolute Gasteiger partial charge is 0.479 e. The zero-order valence-corrected chi connectivity index (χ0v) is 34.5. The smallest absolute Gasteiger partial charge is 0.345 e. The quantitative estimate of drug-likeness (QED) is 0.0451. The van der Waals surface area contributed by atoms with Gasteiger partial charge in [-0.25, -0.2) is 4.79 Å². The third kappa shape index (κ3) is 5.29. The van der Waals surface area contributed by atoms with Crippen molar-refractivity contribution >= 4 is 41.5 Å². The lowest BCUT2D eigenvalue weighted by Crippen LogP contribution is -2.70. The molecule has 0 amide bonds. The highest BCUT2D eigenvalue weighted by Gasteiger charge is 2.86. The number of carbonyl (C=O) groups is 7. The van der Waals surface area contributed by atoms with Crippen molar-refractivity contribution in [3.63, 3.8) is 0 Å². The summed E-state index contributed by atoms with van der Waals surface area (Å²) in [7, 11) is 2.37. The molecule has 0 N–H and O–H groups in total. The number of fused-ring (bicyclic) bond motifs is 5. The fraction of sp³-hybridized carbons (Fsp3) is 0.659. The first-order chi connectivity index (χ1) is 25.5. The van der Waals surface area contributed by atoms with Crippen LogP contribution >= 0.6 is 0 Å². The molecule has 0 aromatic carbocycles. The van der Waals surface area contributed by atoms with E-state index in [1.807, 2.05) is 39.8 Å². The van der Waals surface area contributed by atoms with Crippen molar-refractivity contribution < 1.29 is 52.5 Å². The second-order valence-corrected chi connectivity index (χ2v) is 17.9. The Labute approximate surface area is 324 Å². The van der Waals surface area contributed by atoms with Crippen LogP contribution in [0.1, 0.15) is 108 Å². The Morgan fingerprint density at radius 3 is 2.18 bits per heavy atom. The number of rotatable bonds is 10. The highest BCUT2D eigenvalue weighted by atomic mass is 16.5. The second kappa shape index (κ2) is 13.8. The third-order valence-electron chi connectivity index (χ3n) is 15.1. The van der Waals surface area contributed by atoms with E-state index in [1.165, 1.54) is 21.0 Å². The molecule has 0 saturated heterocycles. The number of methoxy groups -OCH3 is 2. The molecule has 1 aliphatic heterocycles. The minimum absolute atomic E-state index is 0.00604. The maximum atomic E-state index is 15.8. The molecule has 0 bridgehead atoms. The number of hydrogen-bond acceptors (Lipinski definition) is 11. The number of carbonyl (C=O) groups excluding carboxylic acids is 7. The van der Waals surface area contributed by atoms with Crippen LogP contribution in [0.15, 0.2) is 47.3 Å². The van der Waals surface area contributed by atoms with Crippen LogP contribution in [0.5, 0.6) is 0 Å². The molecule has 4 aliphatic carbocycles. The number of ketones is 3. The third-order valence-corrected chi connectivity index (χ3v) is 15.1. The number of hydrogen-bond donors (Lipinski definition) is 0. The van der Waals surface area contributed by atoms with E-state index >= 15 is 9.59 Å². The van der Waals surface area contributed by atoms with E-state index < -0.39 is 91.3 Å². The Morgan fingerprint density at radius 1 is 0.964 bits per heavy atom. The van der Waals surface area contributed by atoms with E-state index in [0.717, 1.165) is 19.8 Å². The number of Topliss-reactive ketones (excluding diaryl/α,β-unsaturated/α-hetero) is 3. The van der Waals surface area contributed by atoms with Gasteiger partial charge < -0.3 is 23.7 Å². The fourth-order valence-electron chi connectivity index (χ4n) is 11.9. The van der Waals surface area contributed by atoms with Gasteiger partial charge in [0.1, 0.15) is 29.1 Å². The van der Waals surface area contributed by atoms with Crippen molar-refractivity contribution in [3.8, 4) is 0 Å². The summed E-state index contributed by atoms with van der Waals surface area (Å²) >= 11 is 0. The average Bonchev–Trinajstić information content (AvgIpc) is 3.46. The van der Waals surface area contributed by atoms with Crippen molar-refractivity contribution in [1.29, 1.82) is 0 Å². The van der Waals surface area contributed by atoms with Gasteiger partial charge in [-0.3, -0.25) is 24.0 Å². The van der Waals surface area contributed by atoms with Crippen LogP contribution in [0.4, 0.5) is 0 Å². The van der Waals surface area contributed by atoms with E-state index in [1.54, 1.807) is 45.9 Å². The van der Waals surface area contributed by atoms with E-state index in [9.17, 15) is 24.0 Å². The molecule has 11 nitrogen and oxygen atoms in total. The number of ether oxygens (including phenoxy) is 4. The standard InChI is InChI=1S/C44H58O11/c1-13-14-15-16-19-40(8)33(47)32(34(48)52-11)28(55-40)22-25(2)41(9)35(49)42(10)26(3)23-30-39(7,44(42,36(41)50)37(51)53-12)20-17-29-38(5,6)31(54-27(4)46)18-21-43(29,30)24-45/h14-16,19,23-25,29-31H,13,17-18,20-22H2,1-12H3/b15-14+,19-16+/t25-,29+,30+,31-,39-,40+,41+,42-,43-,44+/m0/s1. The zero-order valence-electron chi connectivity index (χ0n) is 34.5. The normalized spacial score (nSPS) is 39.9. The SMILES string of the molecule is CC/C=C/C=C/[C@@]1(C)OC(C[C@H](C)[C@]2(C)C(=O)[C@]3(C)C(C)=C[C@H]4[C@]5(C=O)CC[C@H](OC(C)=O)C(C)(C)[C@H]5CC[C@]4(C)[C@]3(C(=O)OC)C2=O)=C(C(=O)OC)C1=O. The molecule has 0 unspecified atom stereocenters. The Kier molecular flexibility index (Phi) is 10.5. The maximum Gasteiger partial charge on any atom is 0.345 e. The van der Waals surface area contributed by atoms with Crippen molar-refractivity contribution in [2.24, 2.45) is 50.2 Å². The Bertz CT molecular complexity index is 1850. The Morgan fingerprint density at radius 2 is 1.62 bits per heavy atom. The zero-order chi connectivity index (χ0) is 41.3. The van der Waals surface area contributed by atoms with Crippen molar-refractivity contribution in [1.82, 2.24) is 0 Å². The van der Waals surface area contributed by atoms with Crippen molar-refractivity contribution in [3.05, 3.63) is 47.3 Å². The number of esters is 3. The van der Waals surface area contributed by atoms with Crippen molar-refractivity contribution in [2.45, 2.75) is 119 Å². The summed E-state index contributed by atoms with van der Waals surface area (Å²) in [5.74, 6) is -5.64. The van der Waals surface area contributed by atoms with Gasteiger partial charge in [0, 0.05) is 24.2 Å². The lowest BCUT2D eigenvalue weighted by atomic mass is 9.33. The predicted octanol–water partition coefficient (Wildman–Crippen LogP) is 6.57. The molecule has 0 aromatic heterocycles. The molecule has 300 valence electrons. The van der Waals surface area contributed by atoms with E-state index in [2.05, 4.69) is 0 Å². The monoisotopic (exact) mass is 762 g/mol. The first-order valence-corrected chi connectivity index (χ1v) is 19.4. The molecule has 10 atom stereocenters. The maximum absolute atomic E-state index is 15.8. The summed E-state index contributed by atoms with van der Waals surface area (Å²) in [6.07, 6.45) is 11.5. The summed E-state index contributed by atoms with van der Waals surface area (Å²) in [5.41, 5.74) is -9.80. The number of allylic oxidation sites excluding steroid dienone is 6. The van der Waals surface area contributed by atoms with Crippen LogP contribution in [-0.2, 0) is 52.5 Å². The Balaban J connectivity index is 1.66. The van der Waals surface area contributed by atoms with Crippen LogP contribution in [0.2, 0.25) is 0 Å². The minimum atomic E-state index is -2.04. The molecule has 5 rings (SSSR count). The molecule has 0 radical (unpaired) electrons. The average molecular weight is 763 g/mol. The van der Waals surface area contributed by atoms with Gasteiger partial charge in [0.05, 0.1) is 25.0 Å². The van der Waals surface area contributed by atoms with E-state index in [-0.39, 0.29) is 23.7 Å². The highest BCUT2D eigenvalue weighted by molar-refractivity contribution is 6.28. The molecule has 3 saturated carbocycles. The molecular formula is C44H58O11. The topological polar surface area (TPSA) is 156 Å². The summed E-state index contributed by atoms with van der Waals surface area (Å²) in [4.78, 5) is 98.7. The van der Waals surface area contributed by atoms with Gasteiger partial charge in [-0.15, -0.1) is 0 Å². The van der Waals surface area contributed by atoms with E-state index in [4.69, 9.17) is 18.9 Å². The summed E-state index contributed by atoms with van der Waals surface area (Å²) < 4.78 is 22.6. The summed E-state index contributed by atoms with van der Waals surface area (Å²) in [6, 6.07) is 0. The lowest BCUT2D eigenvalue weighted by Gasteiger charge is -2.67. The minimum Gasteiger partial charge on any atom is -0.479 e. The van der Waals surface area contributed by atoms with Gasteiger partial charge in [0.15, 0.2) is 17.2 Å². The first kappa shape index (κ1) is 42.0. The highest BCUT2D eigenvalue weighted by Crippen LogP contribution is 2.78. The van der Waals surface area contributed by atoms with Crippen LogP contribution in [0.3, 0.4) is 0 Å². The molecule has 0 spiro atoms. The molecule has 55 heavy (non-hydrogen) atoms. The van der Waals surface area contributed by atoms with Crippen LogP contribution < -0.4 is 0 Å². The van der Waals surface area contributed by atoms with Gasteiger partial charge >= 0.3 is 17.9 Å². The lowest BCUT2D eigenvalue weighted by molar-refractivity contribution is -0.217. The summed E-state index contributed by atoms with van der Waals surface area (Å²) in [6.45, 7) is 17.4. The molecule has 1 heterocycles. The molecule has 5 aliphatic rings. The molecular weight excluding hydrogens is 704 g/mol. The summed E-state index contributed by atoms with van der Waals surface area (Å²) in [5, 5.41) is 0. The van der Waals surface area contributed by atoms with Gasteiger partial charge in [-0.2, -0.15) is 0 Å². The molecule has 0 aromatic rings. The fourth-order valence-corrected chi connectivity index (χ4v) is 11.9. The first-order valence-electron chi connectivity index (χ1n) is 19.4. The number of aldehydes is 1. The van der Waals surface area contributed by atoms with Crippen LogP contribution in [0.25, 0.3) is 0 Å². The van der Waals surface area contributed by atoms with Crippen LogP contribution in [-0.4, -0.2) is 67.5 Å².